The first-order valence-corrected chi connectivity index (χ1v) is 12.0. The van der Waals surface area contributed by atoms with Crippen molar-refractivity contribution in [3.05, 3.63) is 42.2 Å². The number of carbonyl (C=O) groups is 1. The lowest BCUT2D eigenvalue weighted by Gasteiger charge is -2.28. The number of rotatable bonds is 6. The molecule has 1 heterocycles. The van der Waals surface area contributed by atoms with Gasteiger partial charge in [-0.2, -0.15) is 0 Å². The molecule has 1 aromatic carbocycles. The van der Waals surface area contributed by atoms with Gasteiger partial charge in [0.05, 0.1) is 4.90 Å². The van der Waals surface area contributed by atoms with Crippen LogP contribution in [0.5, 0.6) is 0 Å². The van der Waals surface area contributed by atoms with E-state index in [-0.39, 0.29) is 22.6 Å². The van der Waals surface area contributed by atoms with E-state index in [4.69, 9.17) is 9.88 Å². The normalized spacial score (nSPS) is 22.4. The predicted octanol–water partition coefficient (Wildman–Crippen LogP) is 3.17. The van der Waals surface area contributed by atoms with Crippen LogP contribution in [-0.2, 0) is 14.8 Å². The van der Waals surface area contributed by atoms with Gasteiger partial charge in [-0.15, -0.1) is 0 Å². The molecule has 0 unspecified atom stereocenters. The molecule has 2 fully saturated rings. The number of carbonyl (C=O) groups excluding carboxylic acids is 1. The molecule has 31 heavy (non-hydrogen) atoms. The summed E-state index contributed by atoms with van der Waals surface area (Å²) >= 11 is 0. The number of aromatic nitrogens is 2. The molecule has 4 rings (SSSR count). The van der Waals surface area contributed by atoms with Crippen LogP contribution in [0.25, 0.3) is 0 Å². The fourth-order valence-corrected chi connectivity index (χ4v) is 4.24. The maximum absolute atomic E-state index is 12.0. The van der Waals surface area contributed by atoms with Gasteiger partial charge in [0.2, 0.25) is 16.0 Å². The zero-order chi connectivity index (χ0) is 22.1. The predicted molar refractivity (Wildman–Crippen MR) is 115 cm³/mol. The van der Waals surface area contributed by atoms with Crippen molar-refractivity contribution in [1.29, 1.82) is 0 Å². The van der Waals surface area contributed by atoms with Gasteiger partial charge in [0, 0.05) is 23.6 Å². The Labute approximate surface area is 181 Å². The van der Waals surface area contributed by atoms with Crippen molar-refractivity contribution in [1.82, 2.24) is 15.3 Å². The van der Waals surface area contributed by atoms with Gasteiger partial charge in [-0.25, -0.2) is 28.3 Å². The molecule has 2 aromatic rings. The third-order valence-corrected chi connectivity index (χ3v) is 6.86. The SMILES string of the molecule is CC1(NC(=O)OC2CCC(c3cnc(Nc4ccc(S(N)(=O)=O)cc4)nc3)CC2)CC1. The topological polar surface area (TPSA) is 136 Å². The quantitative estimate of drug-likeness (QED) is 0.621. The monoisotopic (exact) mass is 445 g/mol. The summed E-state index contributed by atoms with van der Waals surface area (Å²) in [6.45, 7) is 2.03. The molecule has 0 saturated heterocycles. The highest BCUT2D eigenvalue weighted by Gasteiger charge is 2.39. The summed E-state index contributed by atoms with van der Waals surface area (Å²) in [5, 5.41) is 11.1. The van der Waals surface area contributed by atoms with Crippen LogP contribution in [0.15, 0.2) is 41.6 Å². The van der Waals surface area contributed by atoms with Crippen LogP contribution in [0.4, 0.5) is 16.4 Å². The summed E-state index contributed by atoms with van der Waals surface area (Å²) in [5.41, 5.74) is 1.66. The average Bonchev–Trinajstić information content (AvgIpc) is 3.45. The number of hydrogen-bond acceptors (Lipinski definition) is 7. The van der Waals surface area contributed by atoms with Gasteiger partial charge in [-0.3, -0.25) is 0 Å². The second kappa shape index (κ2) is 8.43. The maximum atomic E-state index is 12.0. The lowest BCUT2D eigenvalue weighted by Crippen LogP contribution is -2.37. The maximum Gasteiger partial charge on any atom is 0.407 e. The van der Waals surface area contributed by atoms with Crippen LogP contribution in [0, 0.1) is 0 Å². The number of hydrogen-bond donors (Lipinski definition) is 3. The Morgan fingerprint density at radius 2 is 1.71 bits per heavy atom. The molecule has 1 amide bonds. The lowest BCUT2D eigenvalue weighted by atomic mass is 9.84. The van der Waals surface area contributed by atoms with E-state index < -0.39 is 10.0 Å². The number of amides is 1. The second-order valence-corrected chi connectivity index (χ2v) is 10.2. The summed E-state index contributed by atoms with van der Waals surface area (Å²) in [7, 11) is -3.72. The zero-order valence-corrected chi connectivity index (χ0v) is 18.2. The van der Waals surface area contributed by atoms with Crippen molar-refractivity contribution in [2.24, 2.45) is 5.14 Å². The number of nitrogens with two attached hydrogens (primary N) is 1. The Morgan fingerprint density at radius 3 is 2.26 bits per heavy atom. The fourth-order valence-electron chi connectivity index (χ4n) is 3.72. The Morgan fingerprint density at radius 1 is 1.10 bits per heavy atom. The highest BCUT2D eigenvalue weighted by atomic mass is 32.2. The molecule has 1 aromatic heterocycles. The third-order valence-electron chi connectivity index (χ3n) is 5.93. The lowest BCUT2D eigenvalue weighted by molar-refractivity contribution is 0.0688. The van der Waals surface area contributed by atoms with E-state index in [1.165, 1.54) is 12.1 Å². The minimum Gasteiger partial charge on any atom is -0.446 e. The molecule has 0 bridgehead atoms. The zero-order valence-electron chi connectivity index (χ0n) is 17.4. The second-order valence-electron chi connectivity index (χ2n) is 8.60. The number of nitrogens with zero attached hydrogens (tertiary/aromatic N) is 2. The van der Waals surface area contributed by atoms with E-state index in [1.807, 2.05) is 6.92 Å². The molecule has 0 radical (unpaired) electrons. The molecule has 0 atom stereocenters. The molecule has 2 aliphatic carbocycles. The summed E-state index contributed by atoms with van der Waals surface area (Å²) in [6, 6.07) is 6.08. The smallest absolute Gasteiger partial charge is 0.407 e. The molecule has 0 aliphatic heterocycles. The van der Waals surface area contributed by atoms with Gasteiger partial charge < -0.3 is 15.4 Å². The highest BCUT2D eigenvalue weighted by Crippen LogP contribution is 2.36. The first-order valence-electron chi connectivity index (χ1n) is 10.4. The van der Waals surface area contributed by atoms with Crippen molar-refractivity contribution in [3.8, 4) is 0 Å². The molecule has 10 heteroatoms. The van der Waals surface area contributed by atoms with Crippen LogP contribution >= 0.6 is 0 Å². The molecule has 4 N–H and O–H groups in total. The van der Waals surface area contributed by atoms with Crippen LogP contribution in [0.2, 0.25) is 0 Å². The van der Waals surface area contributed by atoms with E-state index >= 15 is 0 Å². The van der Waals surface area contributed by atoms with Crippen molar-refractivity contribution in [3.63, 3.8) is 0 Å². The molecule has 0 spiro atoms. The minimum atomic E-state index is -3.72. The van der Waals surface area contributed by atoms with E-state index in [0.29, 0.717) is 17.6 Å². The van der Waals surface area contributed by atoms with Crippen LogP contribution in [-0.4, -0.2) is 36.1 Å². The summed E-state index contributed by atoms with van der Waals surface area (Å²) in [5.74, 6) is 0.765. The largest absolute Gasteiger partial charge is 0.446 e. The Balaban J connectivity index is 1.27. The molecule has 2 saturated carbocycles. The average molecular weight is 446 g/mol. The highest BCUT2D eigenvalue weighted by molar-refractivity contribution is 7.89. The van der Waals surface area contributed by atoms with Crippen molar-refractivity contribution in [2.75, 3.05) is 5.32 Å². The van der Waals surface area contributed by atoms with E-state index in [2.05, 4.69) is 20.6 Å². The van der Waals surface area contributed by atoms with Crippen molar-refractivity contribution < 1.29 is 17.9 Å². The molecule has 166 valence electrons. The van der Waals surface area contributed by atoms with Crippen LogP contribution in [0.3, 0.4) is 0 Å². The van der Waals surface area contributed by atoms with Gasteiger partial charge in [0.15, 0.2) is 0 Å². The molecular formula is C21H27N5O4S. The first kappa shape index (κ1) is 21.5. The summed E-state index contributed by atoms with van der Waals surface area (Å²) in [4.78, 5) is 20.8. The summed E-state index contributed by atoms with van der Waals surface area (Å²) < 4.78 is 28.2. The standard InChI is InChI=1S/C21H27N5O4S/c1-21(10-11-21)26-20(27)30-17-6-2-14(3-7-17)15-12-23-19(24-13-15)25-16-4-8-18(9-5-16)31(22,28)29/h4-5,8-9,12-14,17H,2-3,6-7,10-11H2,1H3,(H,26,27)(H2,22,28,29)(H,23,24,25). The summed E-state index contributed by atoms with van der Waals surface area (Å²) in [6.07, 6.45) is 8.78. The minimum absolute atomic E-state index is 0.0410. The molecule has 9 nitrogen and oxygen atoms in total. The van der Waals surface area contributed by atoms with E-state index in [9.17, 15) is 13.2 Å². The molecular weight excluding hydrogens is 418 g/mol. The van der Waals surface area contributed by atoms with E-state index in [1.54, 1.807) is 24.5 Å². The van der Waals surface area contributed by atoms with Crippen LogP contribution in [0.1, 0.15) is 56.9 Å². The van der Waals surface area contributed by atoms with Gasteiger partial charge in [0.25, 0.3) is 0 Å². The third kappa shape index (κ3) is 5.71. The van der Waals surface area contributed by atoms with Crippen LogP contribution < -0.4 is 15.8 Å². The first-order chi connectivity index (χ1) is 14.7. The molecule has 2 aliphatic rings. The van der Waals surface area contributed by atoms with Gasteiger partial charge in [0.1, 0.15) is 6.10 Å². The number of benzene rings is 1. The number of nitrogens with one attached hydrogen (secondary N) is 2. The van der Waals surface area contributed by atoms with Crippen molar-refractivity contribution >= 4 is 27.8 Å². The van der Waals surface area contributed by atoms with Gasteiger partial charge in [-0.1, -0.05) is 0 Å². The Kier molecular flexibility index (Phi) is 5.85. The number of ether oxygens (including phenoxy) is 1. The number of anilines is 2. The fraction of sp³-hybridized carbons (Fsp3) is 0.476. The number of alkyl carbamates (subject to hydrolysis) is 1. The number of primary sulfonamides is 1. The van der Waals surface area contributed by atoms with E-state index in [0.717, 1.165) is 44.1 Å². The van der Waals surface area contributed by atoms with Gasteiger partial charge in [-0.05, 0) is 81.2 Å². The number of sulfonamides is 1. The van der Waals surface area contributed by atoms with Crippen molar-refractivity contribution in [2.45, 2.75) is 67.9 Å². The Hall–Kier alpha value is -2.72. The van der Waals surface area contributed by atoms with Gasteiger partial charge >= 0.3 is 6.09 Å². The Bertz CT molecular complexity index is 1030.